The summed E-state index contributed by atoms with van der Waals surface area (Å²) in [6.07, 6.45) is 2.18. The lowest BCUT2D eigenvalue weighted by molar-refractivity contribution is -0.138. The van der Waals surface area contributed by atoms with Gasteiger partial charge in [0.2, 0.25) is 11.8 Å². The molecule has 1 saturated carbocycles. The van der Waals surface area contributed by atoms with E-state index in [4.69, 9.17) is 27.9 Å². The van der Waals surface area contributed by atoms with Gasteiger partial charge in [-0.1, -0.05) is 47.0 Å². The van der Waals surface area contributed by atoms with Crippen LogP contribution in [0.3, 0.4) is 0 Å². The molecule has 13 heteroatoms. The van der Waals surface area contributed by atoms with E-state index in [1.807, 2.05) is 18.2 Å². The SMILES string of the molecule is O=C1C2CC3C(=CCC4C(=O)N(c5ccc(N6CCOCC6)cc5)C(=O)C43)C(c3cc(Cl)ccc3O)C2(c2ccc(Cl)cc2)C(=O)N1Nc1ccc(F)cc1. The van der Waals surface area contributed by atoms with Crippen LogP contribution < -0.4 is 15.2 Å². The van der Waals surface area contributed by atoms with E-state index in [2.05, 4.69) is 10.3 Å². The first kappa shape index (κ1) is 35.5. The highest BCUT2D eigenvalue weighted by Crippen LogP contribution is 2.65. The van der Waals surface area contributed by atoms with E-state index in [1.165, 1.54) is 41.3 Å². The third kappa shape index (κ3) is 5.54. The van der Waals surface area contributed by atoms with Gasteiger partial charge < -0.3 is 14.7 Å². The molecule has 3 aliphatic heterocycles. The minimum Gasteiger partial charge on any atom is -0.508 e. The van der Waals surface area contributed by atoms with Crippen molar-refractivity contribution >= 4 is 63.9 Å². The maximum Gasteiger partial charge on any atom is 0.260 e. The Balaban J connectivity index is 1.17. The quantitative estimate of drug-likeness (QED) is 0.161. The van der Waals surface area contributed by atoms with Crippen LogP contribution in [0.25, 0.3) is 0 Å². The summed E-state index contributed by atoms with van der Waals surface area (Å²) >= 11 is 13.0. The fourth-order valence-corrected chi connectivity index (χ4v) is 9.95. The molecule has 9 rings (SSSR count). The number of carbonyl (C=O) groups is 4. The highest BCUT2D eigenvalue weighted by molar-refractivity contribution is 6.31. The zero-order chi connectivity index (χ0) is 38.2. The number of fused-ring (bicyclic) bond motifs is 4. The number of nitrogens with zero attached hydrogens (tertiary/aromatic N) is 3. The van der Waals surface area contributed by atoms with E-state index in [0.717, 1.165) is 23.8 Å². The lowest BCUT2D eigenvalue weighted by Crippen LogP contribution is -2.53. The normalized spacial score (nSPS) is 27.5. The van der Waals surface area contributed by atoms with Crippen molar-refractivity contribution in [1.82, 2.24) is 5.01 Å². The molecule has 55 heavy (non-hydrogen) atoms. The summed E-state index contributed by atoms with van der Waals surface area (Å²) in [5, 5.41) is 13.2. The molecule has 3 saturated heterocycles. The van der Waals surface area contributed by atoms with Crippen molar-refractivity contribution in [1.29, 1.82) is 0 Å². The Kier molecular flexibility index (Phi) is 8.71. The first-order valence-corrected chi connectivity index (χ1v) is 19.0. The maximum atomic E-state index is 15.3. The Labute approximate surface area is 326 Å². The number of rotatable bonds is 6. The van der Waals surface area contributed by atoms with Crippen LogP contribution in [0, 0.1) is 29.5 Å². The van der Waals surface area contributed by atoms with E-state index < -0.39 is 52.6 Å². The smallest absolute Gasteiger partial charge is 0.260 e. The van der Waals surface area contributed by atoms with Crippen LogP contribution in [0.2, 0.25) is 10.0 Å². The van der Waals surface area contributed by atoms with Crippen LogP contribution in [0.15, 0.2) is 103 Å². The van der Waals surface area contributed by atoms with Gasteiger partial charge in [0.25, 0.3) is 11.8 Å². The number of phenols is 1. The minimum atomic E-state index is -1.65. The van der Waals surface area contributed by atoms with Crippen molar-refractivity contribution in [2.75, 3.05) is 41.5 Å². The van der Waals surface area contributed by atoms with Gasteiger partial charge in [0, 0.05) is 40.3 Å². The number of imide groups is 2. The molecular formula is C42H35Cl2FN4O6. The zero-order valence-electron chi connectivity index (χ0n) is 29.3. The van der Waals surface area contributed by atoms with Gasteiger partial charge in [-0.05, 0) is 103 Å². The molecule has 4 amide bonds. The number of allylic oxidation sites excluding steroid dienone is 2. The van der Waals surface area contributed by atoms with Gasteiger partial charge in [-0.25, -0.2) is 4.39 Å². The second kappa shape index (κ2) is 13.5. The zero-order valence-corrected chi connectivity index (χ0v) is 30.8. The molecule has 0 aromatic heterocycles. The monoisotopic (exact) mass is 780 g/mol. The molecule has 10 nitrogen and oxygen atoms in total. The third-order valence-corrected chi connectivity index (χ3v) is 12.5. The van der Waals surface area contributed by atoms with Gasteiger partial charge >= 0.3 is 0 Å². The van der Waals surface area contributed by atoms with Gasteiger partial charge in [0.1, 0.15) is 11.6 Å². The van der Waals surface area contributed by atoms with E-state index in [-0.39, 0.29) is 30.4 Å². The van der Waals surface area contributed by atoms with E-state index in [1.54, 1.807) is 42.5 Å². The highest BCUT2D eigenvalue weighted by Gasteiger charge is 2.70. The molecule has 3 heterocycles. The van der Waals surface area contributed by atoms with Crippen molar-refractivity contribution in [2.45, 2.75) is 24.2 Å². The Morgan fingerprint density at radius 2 is 1.45 bits per heavy atom. The minimum absolute atomic E-state index is 0.0580. The molecule has 2 N–H and O–H groups in total. The number of hydrazine groups is 1. The number of phenolic OH excluding ortho intramolecular Hbond substituents is 1. The van der Waals surface area contributed by atoms with Gasteiger partial charge in [0.05, 0.1) is 47.8 Å². The fourth-order valence-electron chi connectivity index (χ4n) is 9.64. The van der Waals surface area contributed by atoms with Crippen molar-refractivity contribution in [3.05, 3.63) is 130 Å². The van der Waals surface area contributed by atoms with E-state index in [9.17, 15) is 23.9 Å². The summed E-state index contributed by atoms with van der Waals surface area (Å²) in [4.78, 5) is 62.4. The lowest BCUT2D eigenvalue weighted by Gasteiger charge is -2.50. The molecule has 6 unspecified atom stereocenters. The summed E-state index contributed by atoms with van der Waals surface area (Å²) in [5.74, 6) is -6.74. The van der Waals surface area contributed by atoms with Gasteiger partial charge in [0.15, 0.2) is 0 Å². The Morgan fingerprint density at radius 1 is 0.782 bits per heavy atom. The second-order valence-corrected chi connectivity index (χ2v) is 15.6. The Bertz CT molecular complexity index is 2260. The Morgan fingerprint density at radius 3 is 2.16 bits per heavy atom. The highest BCUT2D eigenvalue weighted by atomic mass is 35.5. The lowest BCUT2D eigenvalue weighted by atomic mass is 9.49. The first-order valence-electron chi connectivity index (χ1n) is 18.2. The van der Waals surface area contributed by atoms with Gasteiger partial charge in [-0.2, -0.15) is 5.01 Å². The number of nitrogens with one attached hydrogen (secondary N) is 1. The number of anilines is 3. The molecule has 0 bridgehead atoms. The molecule has 2 aliphatic carbocycles. The number of amides is 4. The van der Waals surface area contributed by atoms with Crippen LogP contribution in [-0.2, 0) is 29.3 Å². The fraction of sp³-hybridized carbons (Fsp3) is 0.286. The predicted molar refractivity (Wildman–Crippen MR) is 204 cm³/mol. The third-order valence-electron chi connectivity index (χ3n) is 12.0. The predicted octanol–water partition coefficient (Wildman–Crippen LogP) is 6.86. The Hall–Kier alpha value is -5.23. The average molecular weight is 782 g/mol. The molecule has 280 valence electrons. The first-order chi connectivity index (χ1) is 26.6. The average Bonchev–Trinajstić information content (AvgIpc) is 3.58. The van der Waals surface area contributed by atoms with Crippen molar-refractivity contribution in [2.24, 2.45) is 23.7 Å². The van der Waals surface area contributed by atoms with Crippen molar-refractivity contribution < 1.29 is 33.4 Å². The van der Waals surface area contributed by atoms with Crippen LogP contribution in [0.1, 0.15) is 29.9 Å². The van der Waals surface area contributed by atoms with E-state index >= 15 is 4.79 Å². The molecule has 0 radical (unpaired) electrons. The summed E-state index contributed by atoms with van der Waals surface area (Å²) in [6.45, 7) is 2.71. The number of ether oxygens (including phenoxy) is 1. The maximum absolute atomic E-state index is 15.3. The second-order valence-electron chi connectivity index (χ2n) is 14.7. The molecule has 6 atom stereocenters. The number of aromatic hydroxyl groups is 1. The molecular weight excluding hydrogens is 746 g/mol. The van der Waals surface area contributed by atoms with Crippen LogP contribution >= 0.6 is 23.2 Å². The number of hydrogen-bond donors (Lipinski definition) is 2. The number of halogens is 3. The van der Waals surface area contributed by atoms with E-state index in [0.29, 0.717) is 51.3 Å². The number of hydrogen-bond acceptors (Lipinski definition) is 8. The van der Waals surface area contributed by atoms with Crippen molar-refractivity contribution in [3.8, 4) is 5.75 Å². The summed E-state index contributed by atoms with van der Waals surface area (Å²) in [7, 11) is 0. The summed E-state index contributed by atoms with van der Waals surface area (Å²) < 4.78 is 19.4. The number of morpholine rings is 1. The molecule has 5 aliphatic rings. The van der Waals surface area contributed by atoms with Gasteiger partial charge in [-0.3, -0.25) is 29.5 Å². The molecule has 4 aromatic carbocycles. The standard InChI is InChI=1S/C42H35Cl2FN4O6/c43-24-3-1-23(2-4-24)42-34(39(52)49(41(42)54)46-27-8-6-26(45)7-9-27)22-32-30(37(42)33-21-25(44)5-16-35(33)50)14-15-31-36(32)40(53)48(38(31)51)29-12-10-28(11-13-29)47-17-19-55-20-18-47/h1-14,16,21,31-32,34,36-37,46,50H,15,17-20,22H2. The summed E-state index contributed by atoms with van der Waals surface area (Å²) in [5.41, 5.74) is 4.45. The molecule has 0 spiro atoms. The van der Waals surface area contributed by atoms with Crippen LogP contribution in [0.5, 0.6) is 5.75 Å². The summed E-state index contributed by atoms with van der Waals surface area (Å²) in [6, 6.07) is 23.9. The van der Waals surface area contributed by atoms with Crippen LogP contribution in [0.4, 0.5) is 21.5 Å². The molecule has 4 aromatic rings. The van der Waals surface area contributed by atoms with Crippen LogP contribution in [-0.4, -0.2) is 60.0 Å². The topological polar surface area (TPSA) is 119 Å². The number of benzene rings is 4. The van der Waals surface area contributed by atoms with Gasteiger partial charge in [-0.15, -0.1) is 0 Å². The molecule has 4 fully saturated rings. The largest absolute Gasteiger partial charge is 0.508 e. The van der Waals surface area contributed by atoms with Crippen molar-refractivity contribution in [3.63, 3.8) is 0 Å². The number of carbonyl (C=O) groups excluding carboxylic acids is 4.